The van der Waals surface area contributed by atoms with Crippen molar-refractivity contribution >= 4 is 27.5 Å². The first-order chi connectivity index (χ1) is 18.5. The first kappa shape index (κ1) is 29.7. The number of carbonyl (C=O) groups excluding carboxylic acids is 2. The van der Waals surface area contributed by atoms with Crippen LogP contribution >= 0.6 is 0 Å². The lowest BCUT2D eigenvalue weighted by Crippen LogP contribution is -2.51. The van der Waals surface area contributed by atoms with E-state index in [4.69, 9.17) is 4.74 Å². The van der Waals surface area contributed by atoms with Crippen LogP contribution in [0.3, 0.4) is 0 Å². The lowest BCUT2D eigenvalue weighted by Gasteiger charge is -2.32. The zero-order valence-electron chi connectivity index (χ0n) is 23.1. The van der Waals surface area contributed by atoms with Crippen molar-refractivity contribution in [2.45, 2.75) is 45.2 Å². The van der Waals surface area contributed by atoms with E-state index in [1.807, 2.05) is 45.0 Å². The predicted molar refractivity (Wildman–Crippen MR) is 153 cm³/mol. The van der Waals surface area contributed by atoms with E-state index in [9.17, 15) is 18.0 Å². The second kappa shape index (κ2) is 13.3. The number of carbonyl (C=O) groups is 2. The number of amides is 2. The van der Waals surface area contributed by atoms with E-state index < -0.39 is 28.5 Å². The zero-order valence-corrected chi connectivity index (χ0v) is 23.9. The van der Waals surface area contributed by atoms with E-state index in [0.29, 0.717) is 12.3 Å². The molecule has 0 fully saturated rings. The van der Waals surface area contributed by atoms with Crippen molar-refractivity contribution in [2.75, 3.05) is 24.5 Å². The number of benzene rings is 3. The van der Waals surface area contributed by atoms with Crippen LogP contribution in [0.15, 0.2) is 83.8 Å². The molecule has 2 amide bonds. The molecule has 0 unspecified atom stereocenters. The number of hydrogen-bond donors (Lipinski definition) is 1. The highest BCUT2D eigenvalue weighted by Crippen LogP contribution is 2.27. The molecule has 9 heteroatoms. The molecule has 0 aromatic heterocycles. The second-order valence-electron chi connectivity index (χ2n) is 9.79. The first-order valence-electron chi connectivity index (χ1n) is 12.9. The quantitative estimate of drug-likeness (QED) is 0.360. The number of nitrogens with zero attached hydrogens (tertiary/aromatic N) is 2. The zero-order chi connectivity index (χ0) is 28.6. The average molecular weight is 552 g/mol. The van der Waals surface area contributed by atoms with Crippen LogP contribution in [0, 0.1) is 12.8 Å². The Balaban J connectivity index is 2.03. The molecule has 0 aliphatic carbocycles. The third-order valence-electron chi connectivity index (χ3n) is 6.41. The molecular weight excluding hydrogens is 514 g/mol. The largest absolute Gasteiger partial charge is 0.497 e. The summed E-state index contributed by atoms with van der Waals surface area (Å²) in [5.74, 6) is -0.120. The Morgan fingerprint density at radius 1 is 0.923 bits per heavy atom. The maximum Gasteiger partial charge on any atom is 0.264 e. The molecule has 8 nitrogen and oxygen atoms in total. The Morgan fingerprint density at radius 2 is 1.59 bits per heavy atom. The predicted octanol–water partition coefficient (Wildman–Crippen LogP) is 4.39. The summed E-state index contributed by atoms with van der Waals surface area (Å²) < 4.78 is 34.0. The van der Waals surface area contributed by atoms with E-state index in [-0.39, 0.29) is 29.0 Å². The van der Waals surface area contributed by atoms with Crippen LogP contribution in [0.1, 0.15) is 31.9 Å². The van der Waals surface area contributed by atoms with Gasteiger partial charge in [-0.15, -0.1) is 0 Å². The van der Waals surface area contributed by atoms with Gasteiger partial charge in [0.2, 0.25) is 11.8 Å². The monoisotopic (exact) mass is 551 g/mol. The molecule has 0 aliphatic rings. The van der Waals surface area contributed by atoms with Crippen molar-refractivity contribution in [3.05, 3.63) is 90.0 Å². The van der Waals surface area contributed by atoms with Gasteiger partial charge < -0.3 is 15.0 Å². The highest BCUT2D eigenvalue weighted by Gasteiger charge is 2.32. The van der Waals surface area contributed by atoms with Crippen molar-refractivity contribution in [3.8, 4) is 5.75 Å². The summed E-state index contributed by atoms with van der Waals surface area (Å²) in [6.45, 7) is 7.69. The molecular formula is C30H37N3O5S. The normalized spacial score (nSPS) is 12.1. The number of ether oxygens (including phenoxy) is 1. The van der Waals surface area contributed by atoms with Gasteiger partial charge in [-0.2, -0.15) is 0 Å². The summed E-state index contributed by atoms with van der Waals surface area (Å²) >= 11 is 0. The Kier molecular flexibility index (Phi) is 10.1. The summed E-state index contributed by atoms with van der Waals surface area (Å²) in [6, 6.07) is 21.3. The third-order valence-corrected chi connectivity index (χ3v) is 8.19. The van der Waals surface area contributed by atoms with E-state index in [0.717, 1.165) is 15.4 Å². The van der Waals surface area contributed by atoms with Crippen molar-refractivity contribution < 1.29 is 22.7 Å². The van der Waals surface area contributed by atoms with Crippen LogP contribution < -0.4 is 14.4 Å². The summed E-state index contributed by atoms with van der Waals surface area (Å²) in [4.78, 5) is 28.5. The summed E-state index contributed by atoms with van der Waals surface area (Å²) in [7, 11) is -2.64. The Morgan fingerprint density at radius 3 is 2.23 bits per heavy atom. The Bertz CT molecular complexity index is 1380. The van der Waals surface area contributed by atoms with Gasteiger partial charge in [-0.3, -0.25) is 13.9 Å². The number of anilines is 1. The van der Waals surface area contributed by atoms with Crippen molar-refractivity contribution in [2.24, 2.45) is 5.92 Å². The smallest absolute Gasteiger partial charge is 0.264 e. The standard InChI is InChI=1S/C30H37N3O5S/c1-22(2)19-31-30(35)24(4)32(20-25-13-10-9-12-23(25)3)29(34)21-33(26-14-11-15-27(18-26)38-5)39(36,37)28-16-7-6-8-17-28/h6-18,22,24H,19-21H2,1-5H3,(H,31,35)/t24-/m1/s1. The molecule has 0 aliphatic heterocycles. The van der Waals surface area contributed by atoms with Gasteiger partial charge in [0, 0.05) is 19.2 Å². The van der Waals surface area contributed by atoms with Gasteiger partial charge in [-0.05, 0) is 55.2 Å². The fraction of sp³-hybridized carbons (Fsp3) is 0.333. The lowest BCUT2D eigenvalue weighted by molar-refractivity contribution is -0.139. The maximum absolute atomic E-state index is 14.0. The minimum atomic E-state index is -4.13. The minimum absolute atomic E-state index is 0.0498. The molecule has 0 saturated heterocycles. The second-order valence-corrected chi connectivity index (χ2v) is 11.7. The van der Waals surface area contributed by atoms with Gasteiger partial charge in [0.15, 0.2) is 0 Å². The van der Waals surface area contributed by atoms with Crippen LogP contribution in [0.2, 0.25) is 0 Å². The van der Waals surface area contributed by atoms with E-state index in [1.165, 1.54) is 24.1 Å². The number of rotatable bonds is 12. The Labute approximate surface area is 231 Å². The third kappa shape index (κ3) is 7.60. The van der Waals surface area contributed by atoms with Crippen LogP contribution in [0.25, 0.3) is 0 Å². The van der Waals surface area contributed by atoms with Crippen LogP contribution in [-0.2, 0) is 26.2 Å². The summed E-state index contributed by atoms with van der Waals surface area (Å²) in [6.07, 6.45) is 0. The number of hydrogen-bond acceptors (Lipinski definition) is 5. The van der Waals surface area contributed by atoms with Crippen LogP contribution in [-0.4, -0.2) is 51.4 Å². The molecule has 3 aromatic carbocycles. The molecule has 0 spiro atoms. The van der Waals surface area contributed by atoms with Gasteiger partial charge in [0.05, 0.1) is 17.7 Å². The molecule has 208 valence electrons. The molecule has 1 N–H and O–H groups in total. The highest BCUT2D eigenvalue weighted by molar-refractivity contribution is 7.92. The van der Waals surface area contributed by atoms with Crippen molar-refractivity contribution in [1.29, 1.82) is 0 Å². The molecule has 0 bridgehead atoms. The van der Waals surface area contributed by atoms with Gasteiger partial charge in [-0.1, -0.05) is 62.4 Å². The minimum Gasteiger partial charge on any atom is -0.497 e. The molecule has 1 atom stereocenters. The van der Waals surface area contributed by atoms with Gasteiger partial charge >= 0.3 is 0 Å². The molecule has 0 radical (unpaired) electrons. The average Bonchev–Trinajstić information content (AvgIpc) is 2.94. The van der Waals surface area contributed by atoms with E-state index >= 15 is 0 Å². The number of aryl methyl sites for hydroxylation is 1. The molecule has 0 saturated carbocycles. The number of sulfonamides is 1. The topological polar surface area (TPSA) is 96.0 Å². The fourth-order valence-corrected chi connectivity index (χ4v) is 5.45. The molecule has 3 aromatic rings. The van der Waals surface area contributed by atoms with Gasteiger partial charge in [-0.25, -0.2) is 8.42 Å². The number of nitrogens with one attached hydrogen (secondary N) is 1. The molecule has 0 heterocycles. The summed E-state index contributed by atoms with van der Waals surface area (Å²) in [5, 5.41) is 2.89. The van der Waals surface area contributed by atoms with Crippen molar-refractivity contribution in [1.82, 2.24) is 10.2 Å². The SMILES string of the molecule is COc1cccc(N(CC(=O)N(Cc2ccccc2C)[C@H](C)C(=O)NCC(C)C)S(=O)(=O)c2ccccc2)c1. The van der Waals surface area contributed by atoms with E-state index in [1.54, 1.807) is 49.4 Å². The maximum atomic E-state index is 14.0. The lowest BCUT2D eigenvalue weighted by atomic mass is 10.1. The van der Waals surface area contributed by atoms with Crippen molar-refractivity contribution in [3.63, 3.8) is 0 Å². The molecule has 3 rings (SSSR count). The number of methoxy groups -OCH3 is 1. The summed E-state index contributed by atoms with van der Waals surface area (Å²) in [5.41, 5.74) is 2.11. The van der Waals surface area contributed by atoms with Crippen LogP contribution in [0.4, 0.5) is 5.69 Å². The van der Waals surface area contributed by atoms with E-state index in [2.05, 4.69) is 5.32 Å². The fourth-order valence-electron chi connectivity index (χ4n) is 4.02. The highest BCUT2D eigenvalue weighted by atomic mass is 32.2. The van der Waals surface area contributed by atoms with Gasteiger partial charge in [0.1, 0.15) is 18.3 Å². The molecule has 39 heavy (non-hydrogen) atoms. The Hall–Kier alpha value is -3.85. The van der Waals surface area contributed by atoms with Gasteiger partial charge in [0.25, 0.3) is 10.0 Å². The first-order valence-corrected chi connectivity index (χ1v) is 14.3. The van der Waals surface area contributed by atoms with Crippen LogP contribution in [0.5, 0.6) is 5.75 Å².